The van der Waals surface area contributed by atoms with Crippen molar-refractivity contribution in [2.45, 2.75) is 19.4 Å². The number of imidazole rings is 1. The van der Waals surface area contributed by atoms with Crippen LogP contribution in [0.25, 0.3) is 0 Å². The average molecular weight is 279 g/mol. The summed E-state index contributed by atoms with van der Waals surface area (Å²) in [6, 6.07) is 0. The molecule has 0 unspecified atom stereocenters. The predicted octanol–water partition coefficient (Wildman–Crippen LogP) is 2.06. The van der Waals surface area contributed by atoms with E-state index in [0.29, 0.717) is 22.1 Å². The van der Waals surface area contributed by atoms with Gasteiger partial charge in [-0.1, -0.05) is 11.6 Å². The molecule has 0 aliphatic carbocycles. The molecule has 1 aliphatic heterocycles. The molecule has 1 amide bonds. The Kier molecular flexibility index (Phi) is 2.53. The van der Waals surface area contributed by atoms with E-state index >= 15 is 0 Å². The first-order chi connectivity index (χ1) is 6.61. The van der Waals surface area contributed by atoms with E-state index in [9.17, 15) is 4.79 Å². The third-order valence-electron chi connectivity index (χ3n) is 2.32. The van der Waals surface area contributed by atoms with Gasteiger partial charge in [0.2, 0.25) is 5.91 Å². The van der Waals surface area contributed by atoms with E-state index in [-0.39, 0.29) is 5.91 Å². The molecule has 0 radical (unpaired) electrons. The summed E-state index contributed by atoms with van der Waals surface area (Å²) in [5.41, 5.74) is 0. The van der Waals surface area contributed by atoms with Crippen LogP contribution >= 0.6 is 27.5 Å². The van der Waals surface area contributed by atoms with Crippen molar-refractivity contribution in [1.82, 2.24) is 9.55 Å². The maximum Gasteiger partial charge on any atom is 0.227 e. The Balaban J connectivity index is 2.56. The van der Waals surface area contributed by atoms with Crippen LogP contribution in [0.4, 0.5) is 5.82 Å². The molecule has 6 heteroatoms. The second kappa shape index (κ2) is 3.55. The summed E-state index contributed by atoms with van der Waals surface area (Å²) in [6.07, 6.45) is 1.38. The van der Waals surface area contributed by atoms with Crippen molar-refractivity contribution in [3.63, 3.8) is 0 Å². The molecule has 1 aromatic rings. The molecule has 2 rings (SSSR count). The molecule has 0 atom stereocenters. The van der Waals surface area contributed by atoms with Crippen molar-refractivity contribution in [2.75, 3.05) is 11.9 Å². The molecule has 0 bridgehead atoms. The lowest BCUT2D eigenvalue weighted by molar-refractivity contribution is -0.118. The number of anilines is 1. The van der Waals surface area contributed by atoms with Crippen LogP contribution in [0, 0.1) is 0 Å². The highest BCUT2D eigenvalue weighted by Gasteiger charge is 2.24. The summed E-state index contributed by atoms with van der Waals surface area (Å²) < 4.78 is 2.59. The Hall–Kier alpha value is -0.550. The Morgan fingerprint density at radius 3 is 3.00 bits per heavy atom. The van der Waals surface area contributed by atoms with Crippen LogP contribution in [-0.2, 0) is 11.3 Å². The molecule has 0 saturated heterocycles. The monoisotopic (exact) mass is 277 g/mol. The number of hydrogen-bond acceptors (Lipinski definition) is 2. The highest BCUT2D eigenvalue weighted by Crippen LogP contribution is 2.31. The van der Waals surface area contributed by atoms with Crippen LogP contribution in [0.3, 0.4) is 0 Å². The summed E-state index contributed by atoms with van der Waals surface area (Å²) in [4.78, 5) is 17.2. The van der Waals surface area contributed by atoms with Crippen molar-refractivity contribution in [3.05, 3.63) is 9.89 Å². The largest absolute Gasteiger partial charge is 0.304 e. The van der Waals surface area contributed by atoms with Crippen molar-refractivity contribution < 1.29 is 4.79 Å². The third kappa shape index (κ3) is 1.44. The molecule has 0 spiro atoms. The van der Waals surface area contributed by atoms with Gasteiger partial charge in [0.15, 0.2) is 15.7 Å². The van der Waals surface area contributed by atoms with Gasteiger partial charge in [-0.3, -0.25) is 9.69 Å². The summed E-state index contributed by atoms with van der Waals surface area (Å²) in [5.74, 6) is 0.763. The zero-order chi connectivity index (χ0) is 10.3. The second-order valence-electron chi connectivity index (χ2n) is 3.20. The molecule has 0 N–H and O–H groups in total. The molecule has 0 saturated carbocycles. The van der Waals surface area contributed by atoms with Crippen LogP contribution < -0.4 is 4.90 Å². The highest BCUT2D eigenvalue weighted by molar-refractivity contribution is 9.10. The van der Waals surface area contributed by atoms with Crippen LogP contribution in [0.5, 0.6) is 0 Å². The number of rotatable bonds is 0. The molecule has 0 fully saturated rings. The van der Waals surface area contributed by atoms with E-state index in [0.717, 1.165) is 13.0 Å². The normalized spacial score (nSPS) is 16.8. The first kappa shape index (κ1) is 9.98. The zero-order valence-electron chi connectivity index (χ0n) is 7.63. The summed E-state index contributed by atoms with van der Waals surface area (Å²) >= 11 is 9.25. The molecule has 4 nitrogen and oxygen atoms in total. The number of amides is 1. The van der Waals surface area contributed by atoms with Gasteiger partial charge < -0.3 is 4.57 Å². The summed E-state index contributed by atoms with van der Waals surface area (Å²) in [7, 11) is 1.72. The molecule has 2 heterocycles. The topological polar surface area (TPSA) is 38.1 Å². The van der Waals surface area contributed by atoms with Crippen molar-refractivity contribution in [1.29, 1.82) is 0 Å². The predicted molar refractivity (Wildman–Crippen MR) is 57.6 cm³/mol. The molecule has 1 aromatic heterocycles. The summed E-state index contributed by atoms with van der Waals surface area (Å²) in [5, 5.41) is 0.370. The Morgan fingerprint density at radius 2 is 2.29 bits per heavy atom. The van der Waals surface area contributed by atoms with Crippen LogP contribution in [-0.4, -0.2) is 22.5 Å². The second-order valence-corrected chi connectivity index (χ2v) is 4.27. The molecule has 14 heavy (non-hydrogen) atoms. The average Bonchev–Trinajstić information content (AvgIpc) is 2.29. The lowest BCUT2D eigenvalue weighted by atomic mass is 10.3. The minimum Gasteiger partial charge on any atom is -0.304 e. The summed E-state index contributed by atoms with van der Waals surface area (Å²) in [6.45, 7) is 0.770. The van der Waals surface area contributed by atoms with Crippen molar-refractivity contribution in [2.24, 2.45) is 0 Å². The molecule has 1 aliphatic rings. The van der Waals surface area contributed by atoms with E-state index in [1.165, 1.54) is 0 Å². The number of fused-ring (bicyclic) bond motifs is 1. The van der Waals surface area contributed by atoms with Gasteiger partial charge in [0.25, 0.3) is 0 Å². The Bertz CT molecular complexity index is 390. The minimum atomic E-state index is 0.0815. The van der Waals surface area contributed by atoms with Crippen LogP contribution in [0.15, 0.2) is 4.73 Å². The molecule has 0 aromatic carbocycles. The molecular formula is C8H9BrClN3O. The van der Waals surface area contributed by atoms with Gasteiger partial charge in [-0.2, -0.15) is 0 Å². The number of aromatic nitrogens is 2. The maximum atomic E-state index is 11.5. The van der Waals surface area contributed by atoms with Crippen molar-refractivity contribution >= 4 is 39.3 Å². The van der Waals surface area contributed by atoms with E-state index in [1.807, 2.05) is 4.57 Å². The van der Waals surface area contributed by atoms with Gasteiger partial charge in [0, 0.05) is 20.0 Å². The number of hydrogen-bond donors (Lipinski definition) is 0. The SMILES string of the molecule is CN1C(=O)CCCn2c(Br)nc(Cl)c21. The lowest BCUT2D eigenvalue weighted by Crippen LogP contribution is -2.25. The van der Waals surface area contributed by atoms with Crippen molar-refractivity contribution in [3.8, 4) is 0 Å². The quantitative estimate of drug-likeness (QED) is 0.728. The fourth-order valence-corrected chi connectivity index (χ4v) is 2.52. The fraction of sp³-hybridized carbons (Fsp3) is 0.500. The van der Waals surface area contributed by atoms with E-state index in [1.54, 1.807) is 11.9 Å². The standard InChI is InChI=1S/C8H9BrClN3O/c1-12-5(14)3-2-4-13-7(12)6(10)11-8(13)9/h2-4H2,1H3. The minimum absolute atomic E-state index is 0.0815. The van der Waals surface area contributed by atoms with Gasteiger partial charge >= 0.3 is 0 Å². The smallest absolute Gasteiger partial charge is 0.227 e. The first-order valence-electron chi connectivity index (χ1n) is 4.29. The molecular weight excluding hydrogens is 269 g/mol. The molecule has 76 valence electrons. The Morgan fingerprint density at radius 1 is 1.57 bits per heavy atom. The third-order valence-corrected chi connectivity index (χ3v) is 3.18. The number of halogens is 2. The zero-order valence-corrected chi connectivity index (χ0v) is 9.97. The van der Waals surface area contributed by atoms with Gasteiger partial charge in [0.1, 0.15) is 0 Å². The number of nitrogens with zero attached hydrogens (tertiary/aromatic N) is 3. The maximum absolute atomic E-state index is 11.5. The fourth-order valence-electron chi connectivity index (χ4n) is 1.58. The van der Waals surface area contributed by atoms with Gasteiger partial charge in [-0.05, 0) is 22.4 Å². The number of carbonyl (C=O) groups excluding carboxylic acids is 1. The van der Waals surface area contributed by atoms with E-state index in [4.69, 9.17) is 11.6 Å². The van der Waals surface area contributed by atoms with Crippen LogP contribution in [0.2, 0.25) is 5.15 Å². The van der Waals surface area contributed by atoms with Gasteiger partial charge in [-0.25, -0.2) is 4.98 Å². The van der Waals surface area contributed by atoms with E-state index < -0.39 is 0 Å². The van der Waals surface area contributed by atoms with E-state index in [2.05, 4.69) is 20.9 Å². The van der Waals surface area contributed by atoms with Crippen LogP contribution in [0.1, 0.15) is 12.8 Å². The first-order valence-corrected chi connectivity index (χ1v) is 5.46. The van der Waals surface area contributed by atoms with Gasteiger partial charge in [-0.15, -0.1) is 0 Å². The van der Waals surface area contributed by atoms with Gasteiger partial charge in [0.05, 0.1) is 0 Å². The Labute approximate surface area is 95.0 Å². The number of carbonyl (C=O) groups is 1. The highest BCUT2D eigenvalue weighted by atomic mass is 79.9. The lowest BCUT2D eigenvalue weighted by Gasteiger charge is -2.15.